The lowest BCUT2D eigenvalue weighted by molar-refractivity contribution is 0.0942. The first-order chi connectivity index (χ1) is 9.19. The number of nitrogens with one attached hydrogen (secondary N) is 2. The van der Waals surface area contributed by atoms with E-state index in [1.54, 1.807) is 12.3 Å². The number of halogens is 1. The molecule has 1 rings (SSSR count). The standard InChI is InChI=1S/C12H19BrN4O2/c1-2-5-19-6-3-4-15-12(18)10-7-9(13)8-16-11(10)17-14/h7-8H,2-6,14H2,1H3,(H,15,18)(H,16,17). The van der Waals surface area contributed by atoms with Gasteiger partial charge in [-0.25, -0.2) is 10.8 Å². The largest absolute Gasteiger partial charge is 0.381 e. The lowest BCUT2D eigenvalue weighted by atomic mass is 10.2. The van der Waals surface area contributed by atoms with Crippen LogP contribution in [0.5, 0.6) is 0 Å². The number of amides is 1. The van der Waals surface area contributed by atoms with E-state index in [0.29, 0.717) is 24.5 Å². The fraction of sp³-hybridized carbons (Fsp3) is 0.500. The minimum absolute atomic E-state index is 0.211. The second-order valence-electron chi connectivity index (χ2n) is 3.92. The van der Waals surface area contributed by atoms with Gasteiger partial charge in [0.2, 0.25) is 0 Å². The van der Waals surface area contributed by atoms with E-state index in [9.17, 15) is 4.79 Å². The Morgan fingerprint density at radius 1 is 1.53 bits per heavy atom. The van der Waals surface area contributed by atoms with Crippen molar-refractivity contribution in [2.24, 2.45) is 5.84 Å². The second-order valence-corrected chi connectivity index (χ2v) is 4.83. The van der Waals surface area contributed by atoms with Gasteiger partial charge < -0.3 is 15.5 Å². The Balaban J connectivity index is 2.43. The zero-order chi connectivity index (χ0) is 14.1. The number of ether oxygens (including phenoxy) is 1. The Kier molecular flexibility index (Phi) is 7.39. The lowest BCUT2D eigenvalue weighted by Gasteiger charge is -2.09. The SMILES string of the molecule is CCCOCCCNC(=O)c1cc(Br)cnc1NN. The molecule has 0 saturated carbocycles. The van der Waals surface area contributed by atoms with Gasteiger partial charge >= 0.3 is 0 Å². The Morgan fingerprint density at radius 2 is 2.32 bits per heavy atom. The van der Waals surface area contributed by atoms with Gasteiger partial charge in [0.1, 0.15) is 0 Å². The van der Waals surface area contributed by atoms with Gasteiger partial charge in [-0.3, -0.25) is 4.79 Å². The fourth-order valence-electron chi connectivity index (χ4n) is 1.45. The van der Waals surface area contributed by atoms with Gasteiger partial charge in [-0.2, -0.15) is 0 Å². The molecular formula is C12H19BrN4O2. The van der Waals surface area contributed by atoms with Crippen LogP contribution in [0.1, 0.15) is 30.1 Å². The van der Waals surface area contributed by atoms with Crippen LogP contribution in [-0.4, -0.2) is 30.6 Å². The summed E-state index contributed by atoms with van der Waals surface area (Å²) in [5.74, 6) is 5.46. The van der Waals surface area contributed by atoms with Crippen LogP contribution in [-0.2, 0) is 4.74 Å². The van der Waals surface area contributed by atoms with Crippen molar-refractivity contribution < 1.29 is 9.53 Å². The molecule has 0 saturated heterocycles. The van der Waals surface area contributed by atoms with Crippen LogP contribution in [0.3, 0.4) is 0 Å². The van der Waals surface area contributed by atoms with Crippen LogP contribution >= 0.6 is 15.9 Å². The van der Waals surface area contributed by atoms with Gasteiger partial charge in [0.15, 0.2) is 5.82 Å². The predicted octanol–water partition coefficient (Wildman–Crippen LogP) is 1.68. The molecule has 0 spiro atoms. The maximum absolute atomic E-state index is 12.0. The summed E-state index contributed by atoms with van der Waals surface area (Å²) in [4.78, 5) is 16.0. The highest BCUT2D eigenvalue weighted by molar-refractivity contribution is 9.10. The number of hydrazine groups is 1. The Morgan fingerprint density at radius 3 is 3.00 bits per heavy atom. The van der Waals surface area contributed by atoms with Crippen molar-refractivity contribution in [3.8, 4) is 0 Å². The smallest absolute Gasteiger partial charge is 0.255 e. The number of nitrogens with zero attached hydrogens (tertiary/aromatic N) is 1. The third-order valence-electron chi connectivity index (χ3n) is 2.34. The lowest BCUT2D eigenvalue weighted by Crippen LogP contribution is -2.27. The molecule has 0 unspecified atom stereocenters. The number of nitrogens with two attached hydrogens (primary N) is 1. The Bertz CT molecular complexity index is 415. The quantitative estimate of drug-likeness (QED) is 0.383. The molecule has 1 aromatic heterocycles. The molecule has 1 heterocycles. The van der Waals surface area contributed by atoms with Crippen LogP contribution in [0.15, 0.2) is 16.7 Å². The topological polar surface area (TPSA) is 89.3 Å². The molecule has 0 bridgehead atoms. The number of pyridine rings is 1. The molecule has 0 atom stereocenters. The molecule has 19 heavy (non-hydrogen) atoms. The third-order valence-corrected chi connectivity index (χ3v) is 2.77. The van der Waals surface area contributed by atoms with Crippen molar-refractivity contribution in [1.29, 1.82) is 0 Å². The average molecular weight is 331 g/mol. The number of hydrogen-bond acceptors (Lipinski definition) is 5. The normalized spacial score (nSPS) is 10.3. The summed E-state index contributed by atoms with van der Waals surface area (Å²) in [7, 11) is 0. The number of nitrogen functional groups attached to an aromatic ring is 1. The molecule has 0 aliphatic carbocycles. The molecule has 6 nitrogen and oxygen atoms in total. The van der Waals surface area contributed by atoms with Crippen molar-refractivity contribution in [2.75, 3.05) is 25.2 Å². The highest BCUT2D eigenvalue weighted by Crippen LogP contribution is 2.16. The zero-order valence-corrected chi connectivity index (χ0v) is 12.5. The molecule has 7 heteroatoms. The van der Waals surface area contributed by atoms with E-state index in [2.05, 4.69) is 38.6 Å². The monoisotopic (exact) mass is 330 g/mol. The first-order valence-corrected chi connectivity index (χ1v) is 6.96. The predicted molar refractivity (Wildman–Crippen MR) is 77.8 cm³/mol. The molecule has 1 amide bonds. The molecule has 4 N–H and O–H groups in total. The van der Waals surface area contributed by atoms with Gasteiger partial charge in [0, 0.05) is 30.4 Å². The molecule has 0 aromatic carbocycles. The van der Waals surface area contributed by atoms with Gasteiger partial charge in [-0.15, -0.1) is 0 Å². The van der Waals surface area contributed by atoms with Crippen LogP contribution in [0.4, 0.5) is 5.82 Å². The van der Waals surface area contributed by atoms with Crippen molar-refractivity contribution >= 4 is 27.7 Å². The zero-order valence-electron chi connectivity index (χ0n) is 10.9. The van der Waals surface area contributed by atoms with E-state index < -0.39 is 0 Å². The fourth-order valence-corrected chi connectivity index (χ4v) is 1.78. The first-order valence-electron chi connectivity index (χ1n) is 6.17. The third kappa shape index (κ3) is 5.54. The van der Waals surface area contributed by atoms with E-state index in [4.69, 9.17) is 10.6 Å². The van der Waals surface area contributed by atoms with Gasteiger partial charge in [0.25, 0.3) is 5.91 Å². The van der Waals surface area contributed by atoms with Gasteiger partial charge in [0.05, 0.1) is 5.56 Å². The highest BCUT2D eigenvalue weighted by atomic mass is 79.9. The summed E-state index contributed by atoms with van der Waals surface area (Å²) in [6.07, 6.45) is 3.35. The van der Waals surface area contributed by atoms with Gasteiger partial charge in [-0.05, 0) is 34.8 Å². The van der Waals surface area contributed by atoms with Crippen molar-refractivity contribution in [3.63, 3.8) is 0 Å². The van der Waals surface area contributed by atoms with E-state index >= 15 is 0 Å². The number of hydrogen-bond donors (Lipinski definition) is 3. The minimum Gasteiger partial charge on any atom is -0.381 e. The maximum Gasteiger partial charge on any atom is 0.255 e. The molecule has 1 aromatic rings. The summed E-state index contributed by atoms with van der Waals surface area (Å²) in [5, 5.41) is 2.80. The minimum atomic E-state index is -0.211. The maximum atomic E-state index is 12.0. The Labute approximate surface area is 121 Å². The summed E-state index contributed by atoms with van der Waals surface area (Å²) in [6, 6.07) is 1.67. The van der Waals surface area contributed by atoms with Crippen molar-refractivity contribution in [1.82, 2.24) is 10.3 Å². The van der Waals surface area contributed by atoms with Crippen LogP contribution in [0.25, 0.3) is 0 Å². The Hall–Kier alpha value is -1.18. The summed E-state index contributed by atoms with van der Waals surface area (Å²) in [5.41, 5.74) is 2.81. The summed E-state index contributed by atoms with van der Waals surface area (Å²) >= 11 is 3.27. The number of anilines is 1. The molecular weight excluding hydrogens is 312 g/mol. The number of aromatic nitrogens is 1. The second kappa shape index (κ2) is 8.84. The van der Waals surface area contributed by atoms with E-state index in [0.717, 1.165) is 23.9 Å². The van der Waals surface area contributed by atoms with Crippen LogP contribution in [0.2, 0.25) is 0 Å². The molecule has 0 aliphatic rings. The van der Waals surface area contributed by atoms with Crippen LogP contribution < -0.4 is 16.6 Å². The summed E-state index contributed by atoms with van der Waals surface area (Å²) < 4.78 is 6.06. The molecule has 106 valence electrons. The molecule has 0 aliphatic heterocycles. The van der Waals surface area contributed by atoms with Crippen molar-refractivity contribution in [3.05, 3.63) is 22.3 Å². The number of carbonyl (C=O) groups excluding carboxylic acids is 1. The van der Waals surface area contributed by atoms with Crippen LogP contribution in [0, 0.1) is 0 Å². The van der Waals surface area contributed by atoms with E-state index in [1.807, 2.05) is 0 Å². The molecule has 0 radical (unpaired) electrons. The number of carbonyl (C=O) groups is 1. The van der Waals surface area contributed by atoms with E-state index in [-0.39, 0.29) is 5.91 Å². The average Bonchev–Trinajstić information content (AvgIpc) is 2.42. The van der Waals surface area contributed by atoms with E-state index in [1.165, 1.54) is 0 Å². The summed E-state index contributed by atoms with van der Waals surface area (Å²) in [6.45, 7) is 4.01. The molecule has 0 fully saturated rings. The number of rotatable bonds is 8. The van der Waals surface area contributed by atoms with Gasteiger partial charge in [-0.1, -0.05) is 6.92 Å². The first kappa shape index (κ1) is 15.9. The highest BCUT2D eigenvalue weighted by Gasteiger charge is 2.12. The van der Waals surface area contributed by atoms with Crippen molar-refractivity contribution in [2.45, 2.75) is 19.8 Å².